The van der Waals surface area contributed by atoms with E-state index in [2.05, 4.69) is 6.58 Å². The van der Waals surface area contributed by atoms with Crippen LogP contribution in [0.5, 0.6) is 0 Å². The Morgan fingerprint density at radius 2 is 0.667 bits per heavy atom. The Hall–Kier alpha value is -1.43. The zero-order valence-electron chi connectivity index (χ0n) is 38.7. The average molecular weight is 993 g/mol. The van der Waals surface area contributed by atoms with Crippen molar-refractivity contribution in [1.82, 2.24) is 18.1 Å². The molecule has 0 N–H and O–H groups in total. The molecule has 0 rings (SSSR count). The molecule has 0 aliphatic heterocycles. The molecule has 0 aromatic heterocycles. The molecule has 376 valence electrons. The van der Waals surface area contributed by atoms with Gasteiger partial charge in [0.25, 0.3) is 0 Å². The van der Waals surface area contributed by atoms with Gasteiger partial charge in [-0.05, 0) is 47.6 Å². The SMILES string of the molecule is C=CC(=O)OC(N(F)S(=O)(=O)CCCCCCCC)(N(F)S(=O)(=O)CCCCCCCC)C(CCCC)(N(F)S(=O)(=O)CCCCCCCC)N(F)S(=O)(=O)CCCCCCCC. The summed E-state index contributed by atoms with van der Waals surface area (Å²) >= 11 is 0. The van der Waals surface area contributed by atoms with Gasteiger partial charge in [0.05, 0.1) is 23.0 Å². The Morgan fingerprint density at radius 3 is 0.921 bits per heavy atom. The molecule has 0 aliphatic rings. The number of sulfonamides is 4. The molecule has 0 amide bonds. The highest BCUT2D eigenvalue weighted by atomic mass is 32.2. The number of halogens is 4. The number of rotatable bonds is 42. The van der Waals surface area contributed by atoms with Gasteiger partial charge in [-0.1, -0.05) is 176 Å². The first-order valence-electron chi connectivity index (χ1n) is 23.2. The van der Waals surface area contributed by atoms with Crippen LogP contribution in [-0.2, 0) is 49.6 Å². The Bertz CT molecular complexity index is 1620. The van der Waals surface area contributed by atoms with Gasteiger partial charge in [0.15, 0.2) is 0 Å². The molecule has 14 nitrogen and oxygen atoms in total. The second-order valence-corrected chi connectivity index (χ2v) is 23.9. The van der Waals surface area contributed by atoms with Crippen molar-refractivity contribution >= 4 is 46.1 Å². The number of carbonyl (C=O) groups excluding carboxylic acids is 1. The Kier molecular flexibility index (Phi) is 30.8. The zero-order valence-corrected chi connectivity index (χ0v) is 42.0. The molecule has 0 saturated heterocycles. The van der Waals surface area contributed by atoms with Crippen molar-refractivity contribution < 1.29 is 61.1 Å². The summed E-state index contributed by atoms with van der Waals surface area (Å²) < 4.78 is 183. The summed E-state index contributed by atoms with van der Waals surface area (Å²) in [6.45, 7) is 12.2. The third-order valence-corrected chi connectivity index (χ3v) is 17.1. The zero-order chi connectivity index (χ0) is 48.2. The van der Waals surface area contributed by atoms with E-state index in [1.807, 2.05) is 27.7 Å². The molecule has 0 spiro atoms. The van der Waals surface area contributed by atoms with Crippen molar-refractivity contribution in [3.8, 4) is 0 Å². The van der Waals surface area contributed by atoms with Crippen LogP contribution in [0.3, 0.4) is 0 Å². The van der Waals surface area contributed by atoms with Gasteiger partial charge in [-0.3, -0.25) is 0 Å². The van der Waals surface area contributed by atoms with Gasteiger partial charge in [0.2, 0.25) is 45.8 Å². The number of unbranched alkanes of at least 4 members (excludes halogenated alkanes) is 21. The lowest BCUT2D eigenvalue weighted by Gasteiger charge is -2.52. The van der Waals surface area contributed by atoms with Crippen LogP contribution in [0, 0.1) is 0 Å². The first-order valence-corrected chi connectivity index (χ1v) is 29.7. The fourth-order valence-electron chi connectivity index (χ4n) is 7.15. The molecule has 22 heteroatoms. The summed E-state index contributed by atoms with van der Waals surface area (Å²) in [7, 11) is -23.4. The number of hydrogen-bond acceptors (Lipinski definition) is 10. The first-order chi connectivity index (χ1) is 29.6. The summed E-state index contributed by atoms with van der Waals surface area (Å²) in [5, 5.41) is 0. The predicted molar refractivity (Wildman–Crippen MR) is 242 cm³/mol. The fourth-order valence-corrected chi connectivity index (χ4v) is 12.9. The molecule has 0 bridgehead atoms. The van der Waals surface area contributed by atoms with E-state index in [4.69, 9.17) is 4.74 Å². The monoisotopic (exact) mass is 992 g/mol. The number of ether oxygens (including phenoxy) is 1. The number of esters is 1. The third kappa shape index (κ3) is 19.4. The topological polar surface area (TPSA) is 176 Å². The molecular formula is C41H80F4N4O10S4. The van der Waals surface area contributed by atoms with Crippen molar-refractivity contribution in [2.45, 2.75) is 219 Å². The van der Waals surface area contributed by atoms with E-state index in [1.165, 1.54) is 6.92 Å². The maximum absolute atomic E-state index is 17.9. The van der Waals surface area contributed by atoms with Crippen molar-refractivity contribution in [2.75, 3.05) is 23.0 Å². The smallest absolute Gasteiger partial charge is 0.345 e. The summed E-state index contributed by atoms with van der Waals surface area (Å²) in [6, 6.07) is 0. The quantitative estimate of drug-likeness (QED) is 0.0143. The summed E-state index contributed by atoms with van der Waals surface area (Å²) in [5.74, 6) is -12.3. The molecule has 0 fully saturated rings. The lowest BCUT2D eigenvalue weighted by Crippen LogP contribution is -2.81. The normalized spacial score (nSPS) is 13.5. The highest BCUT2D eigenvalue weighted by Crippen LogP contribution is 2.50. The lowest BCUT2D eigenvalue weighted by atomic mass is 9.98. The average Bonchev–Trinajstić information content (AvgIpc) is 3.24. The van der Waals surface area contributed by atoms with Crippen LogP contribution < -0.4 is 0 Å². The standard InChI is InChI=1S/C41H80F4N4O10S4/c1-7-13-18-22-26-30-35-60(51,52)46(42)40(34-17-11-5,47(43)61(53,54)36-31-27-23-19-14-8-2)41(59-39(50)12-6,48(44)62(55,56)37-32-28-24-20-15-9-3)49(45)63(57,58)38-33-29-25-21-16-10-4/h12H,6-11,13-38H2,1-5H3. The molecule has 0 saturated carbocycles. The molecule has 0 unspecified atom stereocenters. The predicted octanol–water partition coefficient (Wildman–Crippen LogP) is 10.8. The van der Waals surface area contributed by atoms with Gasteiger partial charge >= 0.3 is 11.8 Å². The first kappa shape index (κ1) is 61.6. The molecule has 0 aliphatic carbocycles. The molecule has 0 aromatic carbocycles. The van der Waals surface area contributed by atoms with Gasteiger partial charge in [-0.15, -0.1) is 17.9 Å². The summed E-state index contributed by atoms with van der Waals surface area (Å²) in [6.07, 6.45) is 7.55. The van der Waals surface area contributed by atoms with Gasteiger partial charge in [-0.25, -0.2) is 38.5 Å². The van der Waals surface area contributed by atoms with E-state index in [9.17, 15) is 38.5 Å². The highest BCUT2D eigenvalue weighted by molar-refractivity contribution is 7.90. The Balaban J connectivity index is 8.55. The molecule has 0 aromatic rings. The van der Waals surface area contributed by atoms with E-state index < -0.39 is 112 Å². The van der Waals surface area contributed by atoms with E-state index in [-0.39, 0.29) is 63.9 Å². The second kappa shape index (κ2) is 31.5. The van der Waals surface area contributed by atoms with Crippen molar-refractivity contribution in [1.29, 1.82) is 0 Å². The van der Waals surface area contributed by atoms with Crippen molar-refractivity contribution in [2.24, 2.45) is 0 Å². The van der Waals surface area contributed by atoms with Gasteiger partial charge < -0.3 is 4.74 Å². The molecule has 0 heterocycles. The Morgan fingerprint density at radius 1 is 0.429 bits per heavy atom. The minimum Gasteiger partial charge on any atom is -0.416 e. The van der Waals surface area contributed by atoms with Gasteiger partial charge in [0, 0.05) is 15.1 Å². The number of nitrogens with zero attached hydrogens (tertiary/aromatic N) is 4. The van der Waals surface area contributed by atoms with Crippen LogP contribution in [0.2, 0.25) is 0 Å². The fraction of sp³-hybridized carbons (Fsp3) is 0.927. The largest absolute Gasteiger partial charge is 0.416 e. The van der Waals surface area contributed by atoms with E-state index in [1.54, 1.807) is 0 Å². The minimum atomic E-state index is -5.90. The van der Waals surface area contributed by atoms with E-state index >= 15 is 17.9 Å². The summed E-state index contributed by atoms with van der Waals surface area (Å²) in [4.78, 5) is 13.4. The van der Waals surface area contributed by atoms with Crippen LogP contribution in [0.4, 0.5) is 17.9 Å². The van der Waals surface area contributed by atoms with Gasteiger partial charge in [0.1, 0.15) is 0 Å². The maximum atomic E-state index is 17.9. The maximum Gasteiger partial charge on any atom is 0.345 e. The number of hydrogen-bond donors (Lipinski definition) is 0. The van der Waals surface area contributed by atoms with E-state index in [0.717, 1.165) is 51.4 Å². The highest BCUT2D eigenvalue weighted by Gasteiger charge is 2.79. The summed E-state index contributed by atoms with van der Waals surface area (Å²) in [5.41, 5.74) is -4.78. The second-order valence-electron chi connectivity index (χ2n) is 16.3. The molecule has 0 radical (unpaired) electrons. The lowest BCUT2D eigenvalue weighted by molar-refractivity contribution is -0.367. The van der Waals surface area contributed by atoms with Crippen LogP contribution in [-0.4, -0.2) is 92.3 Å². The number of carbonyl (C=O) groups is 1. The van der Waals surface area contributed by atoms with Crippen LogP contribution in [0.1, 0.15) is 208 Å². The third-order valence-electron chi connectivity index (χ3n) is 10.9. The van der Waals surface area contributed by atoms with Gasteiger partial charge in [-0.2, -0.15) is 0 Å². The molecule has 63 heavy (non-hydrogen) atoms. The van der Waals surface area contributed by atoms with Crippen LogP contribution in [0.25, 0.3) is 0 Å². The molecular weight excluding hydrogens is 913 g/mol. The van der Waals surface area contributed by atoms with Crippen LogP contribution >= 0.6 is 0 Å². The van der Waals surface area contributed by atoms with Crippen molar-refractivity contribution in [3.05, 3.63) is 12.7 Å². The van der Waals surface area contributed by atoms with Crippen molar-refractivity contribution in [3.63, 3.8) is 0 Å². The van der Waals surface area contributed by atoms with Crippen LogP contribution in [0.15, 0.2) is 12.7 Å². The minimum absolute atomic E-state index is 0.132. The van der Waals surface area contributed by atoms with E-state index in [0.29, 0.717) is 51.4 Å². The Labute approximate surface area is 378 Å². The molecule has 0 atom stereocenters.